The Morgan fingerprint density at radius 2 is 0.901 bits per heavy atom. The Balaban J connectivity index is 0.000000267. The van der Waals surface area contributed by atoms with Crippen LogP contribution in [0.5, 0.6) is 0 Å². The fourth-order valence-corrected chi connectivity index (χ4v) is 8.74. The van der Waals surface area contributed by atoms with Crippen LogP contribution in [-0.4, -0.2) is 174 Å². The number of nitrogens with zero attached hydrogens (tertiary/aromatic N) is 2. The molecule has 0 bridgehead atoms. The molecule has 5 aliphatic rings. The van der Waals surface area contributed by atoms with Gasteiger partial charge in [-0.3, -0.25) is 49.0 Å². The molecule has 0 unspecified atom stereocenters. The average molecular weight is 1440 g/mol. The molecule has 0 radical (unpaired) electrons. The van der Waals surface area contributed by atoms with E-state index in [0.29, 0.717) is 25.4 Å². The molecule has 548 valence electrons. The van der Waals surface area contributed by atoms with Crippen molar-refractivity contribution < 1.29 is 130 Å². The van der Waals surface area contributed by atoms with E-state index in [4.69, 9.17) is 39.3 Å². The summed E-state index contributed by atoms with van der Waals surface area (Å²) in [5.41, 5.74) is -2.48. The third kappa shape index (κ3) is 28.4. The maximum Gasteiger partial charge on any atom is 0.508 e. The van der Waals surface area contributed by atoms with E-state index in [1.807, 2.05) is 91.0 Å². The summed E-state index contributed by atoms with van der Waals surface area (Å²) in [4.78, 5) is 143. The summed E-state index contributed by atoms with van der Waals surface area (Å²) in [5, 5.41) is 27.8. The topological polar surface area (TPSA) is 427 Å². The van der Waals surface area contributed by atoms with Crippen molar-refractivity contribution in [3.05, 3.63) is 153 Å². The molecule has 0 amide bonds. The van der Waals surface area contributed by atoms with E-state index in [1.54, 1.807) is 34.6 Å². The van der Waals surface area contributed by atoms with E-state index in [2.05, 4.69) is 45.6 Å². The second-order valence-corrected chi connectivity index (χ2v) is 24.8. The number of Topliss-reactive ketones (excluding diaryl/α,β-unsaturated/α-hetero) is 2. The predicted molar refractivity (Wildman–Crippen MR) is 351 cm³/mol. The standard InChI is InChI=1S/C16H20N2O5.C14H14N2O9S.C13H14O5.C9H10O.C8H12O5.C7H10O4/c1-12(18-13-6-4-3-5-7-13)17-8-9-21-14(19)16(2)10-22-15(20)23-11-16;1-14(7-24-13(18)25-8-14)12(17)23-4-5-26-11-3-2-9(15(19)20)6-10(11)16(21)22;1-13(8-17-12(15)18-9-13)11(14)16-7-10-5-3-2-4-6-10;1-8(10)7-9-5-3-2-4-6-9;1-3-11-6(9)8(2)4-12-7(10)13-5-8;1-5(8)7(2)3-10-6(9)11-4-7/h3-7,17-18H,1,8-11H2,2H3;2-3,6H,4-5,7-8H2,1H3;2-6H,7-9H2,1H3;2-6H,7H2,1H3;3-5H2,1-2H3;3-4H2,1-2H3/i;;;1T;;. The second kappa shape index (κ2) is 40.1. The number of benzene rings is 4. The number of non-ortho nitro benzene ring substituents is 1. The largest absolute Gasteiger partial charge is 0.508 e. The number of rotatable bonds is 22. The maximum absolute atomic E-state index is 12.0. The van der Waals surface area contributed by atoms with Crippen LogP contribution in [0.15, 0.2) is 126 Å². The number of carbonyl (C=O) groups is 11. The van der Waals surface area contributed by atoms with E-state index in [1.165, 1.54) is 19.9 Å². The van der Waals surface area contributed by atoms with Crippen molar-refractivity contribution in [1.29, 1.82) is 0 Å². The number of ketones is 2. The summed E-state index contributed by atoms with van der Waals surface area (Å²) in [6, 6.07) is 31.8. The number of thioether (sulfide) groups is 1. The monoisotopic (exact) mass is 1440 g/mol. The van der Waals surface area contributed by atoms with Crippen molar-refractivity contribution in [3.8, 4) is 0 Å². The molecule has 101 heavy (non-hydrogen) atoms. The zero-order valence-electron chi connectivity index (χ0n) is 57.5. The molecule has 34 heteroatoms. The number of anilines is 1. The molecule has 5 fully saturated rings. The highest BCUT2D eigenvalue weighted by Crippen LogP contribution is 2.34. The van der Waals surface area contributed by atoms with Crippen LogP contribution in [0.4, 0.5) is 41.0 Å². The first-order valence-electron chi connectivity index (χ1n) is 31.4. The minimum atomic E-state index is -1.11. The molecule has 9 rings (SSSR count). The third-order valence-corrected chi connectivity index (χ3v) is 15.3. The van der Waals surface area contributed by atoms with Crippen molar-refractivity contribution >= 4 is 95.0 Å². The summed E-state index contributed by atoms with van der Waals surface area (Å²) in [6.07, 6.45) is -3.39. The average Bonchev–Trinajstić information content (AvgIpc) is 0.862. The van der Waals surface area contributed by atoms with E-state index in [-0.39, 0.29) is 121 Å². The Labute approximate surface area is 585 Å². The molecule has 0 aromatic heterocycles. The molecule has 5 saturated heterocycles. The van der Waals surface area contributed by atoms with Gasteiger partial charge in [0.05, 0.1) is 45.2 Å². The maximum atomic E-state index is 12.0. The van der Waals surface area contributed by atoms with Crippen LogP contribution < -0.4 is 10.6 Å². The first-order chi connectivity index (χ1) is 48.3. The van der Waals surface area contributed by atoms with E-state index < -0.39 is 97.3 Å². The number of nitro groups is 2. The van der Waals surface area contributed by atoms with Gasteiger partial charge in [0.25, 0.3) is 11.4 Å². The molecule has 4 aromatic carbocycles. The summed E-state index contributed by atoms with van der Waals surface area (Å²) in [7, 11) is 0. The fourth-order valence-electron chi connectivity index (χ4n) is 7.90. The molecular formula is C67H80N4O29S. The van der Waals surface area contributed by atoms with Crippen LogP contribution in [0.25, 0.3) is 0 Å². The van der Waals surface area contributed by atoms with Crippen molar-refractivity contribution in [2.24, 2.45) is 27.1 Å². The van der Waals surface area contributed by atoms with Crippen LogP contribution in [0.2, 0.25) is 0 Å². The number of nitro benzene ring substituents is 2. The van der Waals surface area contributed by atoms with Crippen molar-refractivity contribution in [1.82, 2.24) is 5.32 Å². The Kier molecular flexibility index (Phi) is 32.0. The molecule has 0 saturated carbocycles. The SMILES string of the molecule is C=C(NCCOC(=O)C1(C)COC(=O)OC1)Nc1ccccc1.CC(=O)C1(C)COC(=O)OC1.CC1(C(=O)OCCSc2ccc([N+](=O)[O-])cc2[N+](=O)[O-])COC(=O)OC1.CC1(C(=O)OCc2ccccc2)COC(=O)OC1.CCOC(=O)C1(C)COC(=O)OC1.[3H]CC(=O)Cc1ccccc1. The lowest BCUT2D eigenvalue weighted by Crippen LogP contribution is -2.44. The highest BCUT2D eigenvalue weighted by Gasteiger charge is 2.45. The predicted octanol–water partition coefficient (Wildman–Crippen LogP) is 9.38. The Bertz CT molecular complexity index is 3510. The highest BCUT2D eigenvalue weighted by molar-refractivity contribution is 7.99. The van der Waals surface area contributed by atoms with E-state index in [9.17, 15) is 73.0 Å². The normalized spacial score (nSPS) is 16.7. The van der Waals surface area contributed by atoms with Gasteiger partial charge in [0.15, 0.2) is 0 Å². The Morgan fingerprint density at radius 3 is 1.29 bits per heavy atom. The minimum Gasteiger partial charge on any atom is -0.465 e. The summed E-state index contributed by atoms with van der Waals surface area (Å²) < 4.78 is 73.6. The lowest BCUT2D eigenvalue weighted by atomic mass is 9.88. The Hall–Kier alpha value is -11.1. The first kappa shape index (κ1) is 80.6. The number of ether oxygens (including phenoxy) is 14. The fraction of sp³-hybridized carbons (Fsp3) is 0.448. The summed E-state index contributed by atoms with van der Waals surface area (Å²) in [6.45, 7) is 15.9. The zero-order valence-corrected chi connectivity index (χ0v) is 57.3. The smallest absolute Gasteiger partial charge is 0.465 e. The minimum absolute atomic E-state index is 0.0144. The number of hydrogen-bond donors (Lipinski definition) is 2. The van der Waals surface area contributed by atoms with Crippen molar-refractivity contribution in [3.63, 3.8) is 0 Å². The second-order valence-electron chi connectivity index (χ2n) is 23.7. The number of nitrogens with one attached hydrogen (secondary N) is 2. The van der Waals surface area contributed by atoms with E-state index >= 15 is 0 Å². The first-order valence-corrected chi connectivity index (χ1v) is 31.6. The molecule has 0 atom stereocenters. The quantitative estimate of drug-likeness (QED) is 0.0185. The number of carbonyl (C=O) groups excluding carboxylic acids is 11. The van der Waals surface area contributed by atoms with Gasteiger partial charge >= 0.3 is 54.7 Å². The summed E-state index contributed by atoms with van der Waals surface area (Å²) in [5.74, 6) is -1.17. The Morgan fingerprint density at radius 1 is 0.525 bits per heavy atom. The van der Waals surface area contributed by atoms with Crippen LogP contribution in [-0.2, 0) is 108 Å². The van der Waals surface area contributed by atoms with Gasteiger partial charge in [0, 0.05) is 25.3 Å². The van der Waals surface area contributed by atoms with Gasteiger partial charge in [-0.1, -0.05) is 85.4 Å². The van der Waals surface area contributed by atoms with E-state index in [0.717, 1.165) is 40.7 Å². The number of cyclic esters (lactones) is 10. The van der Waals surface area contributed by atoms with Crippen LogP contribution in [0.1, 0.15) is 67.9 Å². The highest BCUT2D eigenvalue weighted by atomic mass is 32.2. The van der Waals surface area contributed by atoms with Gasteiger partial charge in [-0.15, -0.1) is 11.8 Å². The molecule has 5 heterocycles. The molecule has 4 aromatic rings. The van der Waals surface area contributed by atoms with Crippen molar-refractivity contribution in [2.45, 2.75) is 73.3 Å². The molecule has 33 nitrogen and oxygen atoms in total. The van der Waals surface area contributed by atoms with Gasteiger partial charge in [0.2, 0.25) is 0 Å². The lowest BCUT2D eigenvalue weighted by Gasteiger charge is -2.29. The molecular weight excluding hydrogens is 1360 g/mol. The van der Waals surface area contributed by atoms with Gasteiger partial charge < -0.3 is 76.9 Å². The number of para-hydroxylation sites is 1. The van der Waals surface area contributed by atoms with Crippen LogP contribution >= 0.6 is 11.8 Å². The van der Waals surface area contributed by atoms with Gasteiger partial charge in [-0.2, -0.15) is 0 Å². The van der Waals surface area contributed by atoms with Crippen LogP contribution in [0, 0.1) is 47.3 Å². The summed E-state index contributed by atoms with van der Waals surface area (Å²) >= 11 is 1.03. The number of esters is 4. The van der Waals surface area contributed by atoms with Crippen molar-refractivity contribution in [2.75, 3.05) is 104 Å². The van der Waals surface area contributed by atoms with Gasteiger partial charge in [-0.25, -0.2) is 24.0 Å². The third-order valence-electron chi connectivity index (χ3n) is 14.3. The number of hydrogen-bond acceptors (Lipinski definition) is 32. The van der Waals surface area contributed by atoms with Crippen LogP contribution in [0.3, 0.4) is 0 Å². The zero-order chi connectivity index (χ0) is 75.5. The molecule has 5 aliphatic heterocycles. The molecule has 0 spiro atoms. The van der Waals surface area contributed by atoms with Gasteiger partial charge in [0.1, 0.15) is 119 Å². The molecule has 2 N–H and O–H groups in total. The lowest BCUT2D eigenvalue weighted by molar-refractivity contribution is -0.396. The van der Waals surface area contributed by atoms with Gasteiger partial charge in [-0.05, 0) is 84.7 Å². The molecule has 0 aliphatic carbocycles.